The van der Waals surface area contributed by atoms with Crippen molar-refractivity contribution in [3.63, 3.8) is 0 Å². The van der Waals surface area contributed by atoms with Crippen molar-refractivity contribution in [2.75, 3.05) is 0 Å². The van der Waals surface area contributed by atoms with Gasteiger partial charge in [0.1, 0.15) is 5.82 Å². The molecule has 0 aromatic carbocycles. The maximum absolute atomic E-state index is 12.7. The normalized spacial score (nSPS) is 25.3. The number of hydrogen-bond acceptors (Lipinski definition) is 2. The van der Waals surface area contributed by atoms with Crippen molar-refractivity contribution in [2.45, 2.75) is 58.2 Å². The highest BCUT2D eigenvalue weighted by Gasteiger charge is 2.20. The molecule has 1 heterocycles. The van der Waals surface area contributed by atoms with Crippen LogP contribution in [-0.2, 0) is 6.54 Å². The first-order valence-electron chi connectivity index (χ1n) is 6.71. The Bertz CT molecular complexity index is 365. The largest absolute Gasteiger partial charge is 0.319 e. The summed E-state index contributed by atoms with van der Waals surface area (Å²) in [6.07, 6.45) is 8.92. The van der Waals surface area contributed by atoms with Crippen LogP contribution in [0.3, 0.4) is 0 Å². The average molecular weight is 257 g/mol. The summed E-state index contributed by atoms with van der Waals surface area (Å²) in [5.41, 5.74) is 0. The Balaban J connectivity index is 1.91. The minimum Gasteiger partial charge on any atom is -0.307 e. The predicted octanol–water partition coefficient (Wildman–Crippen LogP) is 3.34. The van der Waals surface area contributed by atoms with Gasteiger partial charge in [0, 0.05) is 18.4 Å². The van der Waals surface area contributed by atoms with Crippen LogP contribution in [0.15, 0.2) is 12.4 Å². The Morgan fingerprint density at radius 1 is 1.39 bits per heavy atom. The Morgan fingerprint density at radius 3 is 2.94 bits per heavy atom. The number of rotatable bonds is 4. The number of nitrogens with one attached hydrogen (secondary N) is 1. The van der Waals surface area contributed by atoms with Gasteiger partial charge in [0.15, 0.2) is 0 Å². The van der Waals surface area contributed by atoms with E-state index < -0.39 is 6.55 Å². The minimum absolute atomic E-state index is 0.418. The number of hydrogen-bond donors (Lipinski definition) is 1. The number of imidazole rings is 1. The second-order valence-corrected chi connectivity index (χ2v) is 5.13. The first kappa shape index (κ1) is 13.5. The van der Waals surface area contributed by atoms with E-state index in [9.17, 15) is 8.78 Å². The summed E-state index contributed by atoms with van der Waals surface area (Å²) in [5, 5.41) is 3.39. The number of nitrogens with zero attached hydrogens (tertiary/aromatic N) is 2. The third-order valence-corrected chi connectivity index (χ3v) is 3.84. The van der Waals surface area contributed by atoms with Crippen LogP contribution in [-0.4, -0.2) is 15.6 Å². The molecule has 2 rings (SSSR count). The van der Waals surface area contributed by atoms with E-state index in [2.05, 4.69) is 17.2 Å². The Labute approximate surface area is 107 Å². The van der Waals surface area contributed by atoms with Crippen molar-refractivity contribution < 1.29 is 8.78 Å². The smallest absolute Gasteiger partial charge is 0.307 e. The molecule has 18 heavy (non-hydrogen) atoms. The summed E-state index contributed by atoms with van der Waals surface area (Å²) in [4.78, 5) is 3.99. The van der Waals surface area contributed by atoms with Crippen LogP contribution >= 0.6 is 0 Å². The molecule has 1 aliphatic rings. The Kier molecular flexibility index (Phi) is 4.69. The first-order valence-corrected chi connectivity index (χ1v) is 6.71. The molecule has 1 aromatic rings. The van der Waals surface area contributed by atoms with Gasteiger partial charge in [-0.3, -0.25) is 4.57 Å². The summed E-state index contributed by atoms with van der Waals surface area (Å²) in [6, 6.07) is 0.426. The van der Waals surface area contributed by atoms with Crippen molar-refractivity contribution in [1.29, 1.82) is 0 Å². The molecule has 1 saturated carbocycles. The quantitative estimate of drug-likeness (QED) is 0.838. The molecule has 1 aromatic heterocycles. The fraction of sp³-hybridized carbons (Fsp3) is 0.769. The molecule has 0 spiro atoms. The molecule has 2 atom stereocenters. The molecular weight excluding hydrogens is 236 g/mol. The van der Waals surface area contributed by atoms with Crippen molar-refractivity contribution in [2.24, 2.45) is 5.92 Å². The Morgan fingerprint density at radius 2 is 2.17 bits per heavy atom. The van der Waals surface area contributed by atoms with Crippen molar-refractivity contribution >= 4 is 0 Å². The van der Waals surface area contributed by atoms with Crippen LogP contribution in [0.25, 0.3) is 0 Å². The lowest BCUT2D eigenvalue weighted by Gasteiger charge is -2.22. The summed E-state index contributed by atoms with van der Waals surface area (Å²) in [6.45, 7) is 0.158. The molecule has 1 fully saturated rings. The number of aromatic nitrogens is 2. The Hall–Kier alpha value is -0.970. The fourth-order valence-electron chi connectivity index (χ4n) is 2.68. The van der Waals surface area contributed by atoms with E-state index in [1.54, 1.807) is 0 Å². The zero-order valence-electron chi connectivity index (χ0n) is 10.8. The van der Waals surface area contributed by atoms with Gasteiger partial charge in [-0.25, -0.2) is 4.98 Å². The summed E-state index contributed by atoms with van der Waals surface area (Å²) in [7, 11) is 0. The van der Waals surface area contributed by atoms with E-state index in [0.717, 1.165) is 11.0 Å². The van der Waals surface area contributed by atoms with Crippen molar-refractivity contribution in [1.82, 2.24) is 14.9 Å². The SMILES string of the molecule is CC1CCCCCC1NCc1nccn1C(F)F. The third-order valence-electron chi connectivity index (χ3n) is 3.84. The zero-order chi connectivity index (χ0) is 13.0. The molecule has 2 unspecified atom stereocenters. The third kappa shape index (κ3) is 3.28. The monoisotopic (exact) mass is 257 g/mol. The molecule has 0 aliphatic heterocycles. The van der Waals surface area contributed by atoms with E-state index in [-0.39, 0.29) is 0 Å². The van der Waals surface area contributed by atoms with Crippen LogP contribution in [0.1, 0.15) is 51.4 Å². The van der Waals surface area contributed by atoms with Gasteiger partial charge in [0.25, 0.3) is 0 Å². The first-order chi connectivity index (χ1) is 8.68. The summed E-state index contributed by atoms with van der Waals surface area (Å²) >= 11 is 0. The highest BCUT2D eigenvalue weighted by Crippen LogP contribution is 2.23. The molecule has 0 radical (unpaired) electrons. The molecule has 1 aliphatic carbocycles. The van der Waals surface area contributed by atoms with Crippen LogP contribution in [0.4, 0.5) is 8.78 Å². The molecule has 0 saturated heterocycles. The highest BCUT2D eigenvalue weighted by atomic mass is 19.3. The second kappa shape index (κ2) is 6.27. The molecule has 3 nitrogen and oxygen atoms in total. The van der Waals surface area contributed by atoms with Crippen LogP contribution in [0.5, 0.6) is 0 Å². The van der Waals surface area contributed by atoms with E-state index in [1.807, 2.05) is 0 Å². The highest BCUT2D eigenvalue weighted by molar-refractivity contribution is 4.93. The molecular formula is C13H21F2N3. The molecule has 1 N–H and O–H groups in total. The second-order valence-electron chi connectivity index (χ2n) is 5.13. The maximum Gasteiger partial charge on any atom is 0.319 e. The van der Waals surface area contributed by atoms with E-state index in [4.69, 9.17) is 0 Å². The van der Waals surface area contributed by atoms with Gasteiger partial charge in [-0.2, -0.15) is 8.78 Å². The molecule has 0 bridgehead atoms. The van der Waals surface area contributed by atoms with Gasteiger partial charge < -0.3 is 5.32 Å². The minimum atomic E-state index is -2.50. The van der Waals surface area contributed by atoms with E-state index in [0.29, 0.717) is 24.3 Å². The van der Waals surface area contributed by atoms with Gasteiger partial charge >= 0.3 is 6.55 Å². The van der Waals surface area contributed by atoms with Gasteiger partial charge in [-0.1, -0.05) is 26.2 Å². The average Bonchev–Trinajstić information content (AvgIpc) is 2.71. The molecule has 5 heteroatoms. The lowest BCUT2D eigenvalue weighted by atomic mass is 9.97. The van der Waals surface area contributed by atoms with Gasteiger partial charge in [0.2, 0.25) is 0 Å². The maximum atomic E-state index is 12.7. The number of alkyl halides is 2. The predicted molar refractivity (Wildman–Crippen MR) is 66.4 cm³/mol. The zero-order valence-corrected chi connectivity index (χ0v) is 10.8. The van der Waals surface area contributed by atoms with E-state index >= 15 is 0 Å². The lowest BCUT2D eigenvalue weighted by Crippen LogP contribution is -2.34. The van der Waals surface area contributed by atoms with Gasteiger partial charge in [-0.05, 0) is 18.8 Å². The topological polar surface area (TPSA) is 29.9 Å². The van der Waals surface area contributed by atoms with Crippen molar-refractivity contribution in [3.05, 3.63) is 18.2 Å². The fourth-order valence-corrected chi connectivity index (χ4v) is 2.68. The summed E-state index contributed by atoms with van der Waals surface area (Å²) in [5.74, 6) is 1.03. The van der Waals surface area contributed by atoms with Crippen LogP contribution < -0.4 is 5.32 Å². The van der Waals surface area contributed by atoms with Crippen LogP contribution in [0.2, 0.25) is 0 Å². The number of halogens is 2. The van der Waals surface area contributed by atoms with Gasteiger partial charge in [0.05, 0.1) is 6.54 Å². The summed E-state index contributed by atoms with van der Waals surface area (Å²) < 4.78 is 26.3. The van der Waals surface area contributed by atoms with E-state index in [1.165, 1.54) is 38.1 Å². The lowest BCUT2D eigenvalue weighted by molar-refractivity contribution is 0.0663. The van der Waals surface area contributed by atoms with Crippen molar-refractivity contribution in [3.8, 4) is 0 Å². The van der Waals surface area contributed by atoms with Gasteiger partial charge in [-0.15, -0.1) is 0 Å². The molecule has 0 amide bonds. The standard InChI is InChI=1S/C13H21F2N3/c1-10-5-3-2-4-6-11(10)17-9-12-16-7-8-18(12)13(14)15/h7-8,10-11,13,17H,2-6,9H2,1H3. The molecule has 102 valence electrons. The van der Waals surface area contributed by atoms with Crippen LogP contribution in [0, 0.1) is 5.92 Å².